The molecule has 0 saturated heterocycles. The fourth-order valence-electron chi connectivity index (χ4n) is 2.12. The summed E-state index contributed by atoms with van der Waals surface area (Å²) in [6, 6.07) is 3.48. The van der Waals surface area contributed by atoms with Gasteiger partial charge in [0.05, 0.1) is 12.0 Å². The molecule has 18 heavy (non-hydrogen) atoms. The summed E-state index contributed by atoms with van der Waals surface area (Å²) in [6.45, 7) is 1.84. The molecule has 0 spiro atoms. The Hall–Kier alpha value is -1.07. The van der Waals surface area contributed by atoms with E-state index in [1.165, 1.54) is 6.26 Å². The van der Waals surface area contributed by atoms with Gasteiger partial charge in [0.15, 0.2) is 9.84 Å². The average molecular weight is 269 g/mol. The van der Waals surface area contributed by atoms with Gasteiger partial charge in [0, 0.05) is 11.8 Å². The molecule has 0 unspecified atom stereocenters. The monoisotopic (exact) mass is 269 g/mol. The fraction of sp³-hybridized carbons (Fsp3) is 0.538. The zero-order valence-electron chi connectivity index (χ0n) is 11.0. The highest BCUT2D eigenvalue weighted by Gasteiger charge is 2.39. The minimum atomic E-state index is -3.24. The molecule has 0 amide bonds. The SMILES string of the molecule is COc1cc(CC2(N)CC2)c(S(C)(=O)=O)cc1C. The number of ether oxygens (including phenoxy) is 1. The van der Waals surface area contributed by atoms with Gasteiger partial charge >= 0.3 is 0 Å². The predicted octanol–water partition coefficient (Wildman–Crippen LogP) is 1.44. The molecule has 0 bridgehead atoms. The van der Waals surface area contributed by atoms with Crippen molar-refractivity contribution in [3.63, 3.8) is 0 Å². The Morgan fingerprint density at radius 2 is 2.00 bits per heavy atom. The molecular formula is C13H19NO3S. The molecule has 2 rings (SSSR count). The normalized spacial score (nSPS) is 17.6. The molecule has 1 aromatic rings. The van der Waals surface area contributed by atoms with Crippen molar-refractivity contribution in [1.29, 1.82) is 0 Å². The largest absolute Gasteiger partial charge is 0.496 e. The first-order valence-corrected chi connectivity index (χ1v) is 7.81. The van der Waals surface area contributed by atoms with Crippen LogP contribution >= 0.6 is 0 Å². The molecule has 100 valence electrons. The summed E-state index contributed by atoms with van der Waals surface area (Å²) in [5.41, 5.74) is 7.45. The maximum absolute atomic E-state index is 11.8. The van der Waals surface area contributed by atoms with Crippen molar-refractivity contribution >= 4 is 9.84 Å². The van der Waals surface area contributed by atoms with Crippen LogP contribution in [0.15, 0.2) is 17.0 Å². The van der Waals surface area contributed by atoms with Crippen LogP contribution in [0.5, 0.6) is 5.75 Å². The van der Waals surface area contributed by atoms with Crippen molar-refractivity contribution in [2.24, 2.45) is 5.73 Å². The van der Waals surface area contributed by atoms with Crippen LogP contribution in [0.4, 0.5) is 0 Å². The van der Waals surface area contributed by atoms with Crippen molar-refractivity contribution in [1.82, 2.24) is 0 Å². The lowest BCUT2D eigenvalue weighted by molar-refractivity contribution is 0.410. The first kappa shape index (κ1) is 13.4. The molecule has 0 aromatic heterocycles. The second-order valence-corrected chi connectivity index (χ2v) is 7.23. The lowest BCUT2D eigenvalue weighted by Crippen LogP contribution is -2.25. The summed E-state index contributed by atoms with van der Waals surface area (Å²) in [7, 11) is -1.65. The fourth-order valence-corrected chi connectivity index (χ4v) is 3.12. The minimum absolute atomic E-state index is 0.223. The van der Waals surface area contributed by atoms with Gasteiger partial charge in [-0.15, -0.1) is 0 Å². The van der Waals surface area contributed by atoms with Crippen LogP contribution in [-0.4, -0.2) is 27.3 Å². The first-order valence-electron chi connectivity index (χ1n) is 5.92. The van der Waals surface area contributed by atoms with E-state index in [2.05, 4.69) is 0 Å². The lowest BCUT2D eigenvalue weighted by Gasteiger charge is -2.15. The molecule has 1 aliphatic carbocycles. The van der Waals surface area contributed by atoms with E-state index in [0.717, 1.165) is 24.0 Å². The molecule has 0 atom stereocenters. The molecule has 0 aliphatic heterocycles. The Kier molecular flexibility index (Phi) is 3.15. The van der Waals surface area contributed by atoms with Gasteiger partial charge in [0.25, 0.3) is 0 Å². The Bertz CT molecular complexity index is 574. The second-order valence-electron chi connectivity index (χ2n) is 5.24. The molecule has 1 aliphatic rings. The van der Waals surface area contributed by atoms with Crippen LogP contribution in [0, 0.1) is 6.92 Å². The Labute approximate surface area is 108 Å². The minimum Gasteiger partial charge on any atom is -0.496 e. The molecule has 1 fully saturated rings. The van der Waals surface area contributed by atoms with Gasteiger partial charge in [-0.1, -0.05) is 0 Å². The number of sulfone groups is 1. The molecule has 1 saturated carbocycles. The third-order valence-electron chi connectivity index (χ3n) is 3.41. The Morgan fingerprint density at radius 1 is 1.39 bits per heavy atom. The number of hydrogen-bond acceptors (Lipinski definition) is 4. The van der Waals surface area contributed by atoms with E-state index in [1.807, 2.05) is 6.92 Å². The smallest absolute Gasteiger partial charge is 0.175 e. The van der Waals surface area contributed by atoms with E-state index in [0.29, 0.717) is 17.1 Å². The topological polar surface area (TPSA) is 69.4 Å². The van der Waals surface area contributed by atoms with E-state index in [1.54, 1.807) is 19.2 Å². The molecule has 0 heterocycles. The van der Waals surface area contributed by atoms with E-state index in [-0.39, 0.29) is 5.54 Å². The summed E-state index contributed by atoms with van der Waals surface area (Å²) >= 11 is 0. The summed E-state index contributed by atoms with van der Waals surface area (Å²) in [5, 5.41) is 0. The van der Waals surface area contributed by atoms with Gasteiger partial charge in [0.1, 0.15) is 5.75 Å². The Morgan fingerprint density at radius 3 is 2.44 bits per heavy atom. The predicted molar refractivity (Wildman–Crippen MR) is 70.7 cm³/mol. The number of methoxy groups -OCH3 is 1. The zero-order chi connectivity index (χ0) is 13.6. The van der Waals surface area contributed by atoms with Gasteiger partial charge in [-0.25, -0.2) is 8.42 Å². The highest BCUT2D eigenvalue weighted by atomic mass is 32.2. The van der Waals surface area contributed by atoms with Crippen molar-refractivity contribution < 1.29 is 13.2 Å². The van der Waals surface area contributed by atoms with Crippen molar-refractivity contribution in [3.8, 4) is 5.75 Å². The van der Waals surface area contributed by atoms with Gasteiger partial charge in [-0.2, -0.15) is 0 Å². The molecule has 1 aromatic carbocycles. The van der Waals surface area contributed by atoms with Gasteiger partial charge in [-0.05, 0) is 49.4 Å². The number of benzene rings is 1. The van der Waals surface area contributed by atoms with Crippen molar-refractivity contribution in [2.45, 2.75) is 36.6 Å². The van der Waals surface area contributed by atoms with Crippen molar-refractivity contribution in [3.05, 3.63) is 23.3 Å². The number of aryl methyl sites for hydroxylation is 1. The van der Waals surface area contributed by atoms with E-state index in [4.69, 9.17) is 10.5 Å². The number of rotatable bonds is 4. The zero-order valence-corrected chi connectivity index (χ0v) is 11.8. The van der Waals surface area contributed by atoms with E-state index < -0.39 is 9.84 Å². The average Bonchev–Trinajstić information content (AvgIpc) is 2.97. The molecule has 5 heteroatoms. The highest BCUT2D eigenvalue weighted by molar-refractivity contribution is 7.90. The van der Waals surface area contributed by atoms with Gasteiger partial charge < -0.3 is 10.5 Å². The van der Waals surface area contributed by atoms with Gasteiger partial charge in [0.2, 0.25) is 0 Å². The summed E-state index contributed by atoms with van der Waals surface area (Å²) < 4.78 is 28.9. The number of nitrogens with two attached hydrogens (primary N) is 1. The third-order valence-corrected chi connectivity index (χ3v) is 4.59. The maximum atomic E-state index is 11.8. The second kappa shape index (κ2) is 4.24. The highest BCUT2D eigenvalue weighted by Crippen LogP contribution is 2.38. The standard InChI is InChI=1S/C13H19NO3S/c1-9-6-12(18(3,15)16)10(7-11(9)17-2)8-13(14)4-5-13/h6-7H,4-5,8,14H2,1-3H3. The van der Waals surface area contributed by atoms with Crippen LogP contribution in [0.1, 0.15) is 24.0 Å². The number of hydrogen-bond donors (Lipinski definition) is 1. The first-order chi connectivity index (χ1) is 8.25. The lowest BCUT2D eigenvalue weighted by atomic mass is 10.0. The summed E-state index contributed by atoms with van der Waals surface area (Å²) in [5.74, 6) is 0.710. The van der Waals surface area contributed by atoms with Crippen molar-refractivity contribution in [2.75, 3.05) is 13.4 Å². The molecule has 2 N–H and O–H groups in total. The van der Waals surface area contributed by atoms with Crippen LogP contribution in [-0.2, 0) is 16.3 Å². The quantitative estimate of drug-likeness (QED) is 0.898. The third kappa shape index (κ3) is 2.67. The summed E-state index contributed by atoms with van der Waals surface area (Å²) in [4.78, 5) is 0.373. The van der Waals surface area contributed by atoms with Crippen LogP contribution in [0.2, 0.25) is 0 Å². The van der Waals surface area contributed by atoms with Crippen LogP contribution in [0.3, 0.4) is 0 Å². The van der Waals surface area contributed by atoms with Gasteiger partial charge in [-0.3, -0.25) is 0 Å². The molecule has 0 radical (unpaired) electrons. The summed E-state index contributed by atoms with van der Waals surface area (Å²) in [6.07, 6.45) is 3.72. The van der Waals surface area contributed by atoms with E-state index in [9.17, 15) is 8.42 Å². The van der Waals surface area contributed by atoms with Crippen LogP contribution < -0.4 is 10.5 Å². The maximum Gasteiger partial charge on any atom is 0.175 e. The molecule has 4 nitrogen and oxygen atoms in total. The van der Waals surface area contributed by atoms with Crippen LogP contribution in [0.25, 0.3) is 0 Å². The Balaban J connectivity index is 2.52. The molecular weight excluding hydrogens is 250 g/mol. The van der Waals surface area contributed by atoms with E-state index >= 15 is 0 Å².